The van der Waals surface area contributed by atoms with Crippen molar-refractivity contribution in [2.24, 2.45) is 0 Å². The maximum absolute atomic E-state index is 12.4. The topological polar surface area (TPSA) is 29.1 Å². The first kappa shape index (κ1) is 17.4. The predicted molar refractivity (Wildman–Crippen MR) is 89.6 cm³/mol. The number of hydrogen-bond acceptors (Lipinski definition) is 2. The summed E-state index contributed by atoms with van der Waals surface area (Å²) in [7, 11) is -0.766. The van der Waals surface area contributed by atoms with Crippen molar-refractivity contribution in [1.82, 2.24) is 5.32 Å². The summed E-state index contributed by atoms with van der Waals surface area (Å²) in [5.74, 6) is 0.812. The molecule has 114 valence electrons. The minimum absolute atomic E-state index is 0.147. The van der Waals surface area contributed by atoms with E-state index in [1.54, 1.807) is 0 Å². The van der Waals surface area contributed by atoms with Crippen molar-refractivity contribution in [1.29, 1.82) is 0 Å². The summed E-state index contributed by atoms with van der Waals surface area (Å²) in [5, 5.41) is 3.65. The molecule has 0 saturated carbocycles. The minimum Gasteiger partial charge on any atom is -0.309 e. The molecule has 0 aliphatic rings. The van der Waals surface area contributed by atoms with E-state index in [0.29, 0.717) is 0 Å². The highest BCUT2D eigenvalue weighted by Crippen LogP contribution is 2.22. The smallest absolute Gasteiger partial charge is 0.0514 e. The number of benzene rings is 1. The molecule has 1 aromatic rings. The molecule has 0 amide bonds. The van der Waals surface area contributed by atoms with E-state index >= 15 is 0 Å². The quantitative estimate of drug-likeness (QED) is 0.750. The van der Waals surface area contributed by atoms with Gasteiger partial charge in [0.15, 0.2) is 0 Å². The molecule has 0 aromatic heterocycles. The lowest BCUT2D eigenvalue weighted by Gasteiger charge is -2.25. The third-order valence-corrected chi connectivity index (χ3v) is 5.55. The molecular formula is C17H29NOS. The zero-order chi connectivity index (χ0) is 15.0. The standard InChI is InChI=1S/C17H29NOS/c1-5-8-13-20(19)14(4)17(18-7-3)16-11-9-15(6-2)10-12-16/h9-12,14,17-18H,5-8,13H2,1-4H3. The summed E-state index contributed by atoms with van der Waals surface area (Å²) in [5.41, 5.74) is 2.60. The Morgan fingerprint density at radius 3 is 2.30 bits per heavy atom. The van der Waals surface area contributed by atoms with Crippen LogP contribution in [0.5, 0.6) is 0 Å². The Morgan fingerprint density at radius 2 is 1.80 bits per heavy atom. The van der Waals surface area contributed by atoms with E-state index in [9.17, 15) is 4.21 Å². The monoisotopic (exact) mass is 295 g/mol. The second-order valence-electron chi connectivity index (χ2n) is 5.27. The summed E-state index contributed by atoms with van der Waals surface area (Å²) >= 11 is 0. The van der Waals surface area contributed by atoms with Crippen LogP contribution in [0.2, 0.25) is 0 Å². The Labute approximate surface area is 126 Å². The highest BCUT2D eigenvalue weighted by molar-refractivity contribution is 7.85. The van der Waals surface area contributed by atoms with E-state index in [4.69, 9.17) is 0 Å². The van der Waals surface area contributed by atoms with Gasteiger partial charge in [0, 0.05) is 22.6 Å². The van der Waals surface area contributed by atoms with Crippen LogP contribution in [0.3, 0.4) is 0 Å². The summed E-state index contributed by atoms with van der Waals surface area (Å²) in [6.07, 6.45) is 3.21. The largest absolute Gasteiger partial charge is 0.309 e. The van der Waals surface area contributed by atoms with Gasteiger partial charge < -0.3 is 5.32 Å². The van der Waals surface area contributed by atoms with Crippen LogP contribution in [0.4, 0.5) is 0 Å². The fraction of sp³-hybridized carbons (Fsp3) is 0.647. The van der Waals surface area contributed by atoms with Crippen LogP contribution in [-0.4, -0.2) is 21.8 Å². The minimum atomic E-state index is -0.766. The van der Waals surface area contributed by atoms with Crippen molar-refractivity contribution in [3.05, 3.63) is 35.4 Å². The average Bonchev–Trinajstić information content (AvgIpc) is 2.49. The summed E-state index contributed by atoms with van der Waals surface area (Å²) < 4.78 is 12.4. The molecule has 0 radical (unpaired) electrons. The van der Waals surface area contributed by atoms with Crippen molar-refractivity contribution >= 4 is 10.8 Å². The summed E-state index contributed by atoms with van der Waals surface area (Å²) in [4.78, 5) is 0. The molecule has 3 heteroatoms. The van der Waals surface area contributed by atoms with Crippen LogP contribution in [0, 0.1) is 0 Å². The van der Waals surface area contributed by atoms with Gasteiger partial charge in [-0.05, 0) is 37.4 Å². The highest BCUT2D eigenvalue weighted by atomic mass is 32.2. The van der Waals surface area contributed by atoms with E-state index in [-0.39, 0.29) is 11.3 Å². The molecule has 3 unspecified atom stereocenters. The Hall–Kier alpha value is -0.670. The van der Waals surface area contributed by atoms with Gasteiger partial charge in [0.1, 0.15) is 0 Å². The molecule has 1 aromatic carbocycles. The molecule has 2 nitrogen and oxygen atoms in total. The summed E-state index contributed by atoms with van der Waals surface area (Å²) in [6, 6.07) is 8.91. The van der Waals surface area contributed by atoms with Crippen LogP contribution in [0.1, 0.15) is 57.7 Å². The number of rotatable bonds is 9. The molecule has 1 rings (SSSR count). The van der Waals surface area contributed by atoms with Crippen molar-refractivity contribution in [2.75, 3.05) is 12.3 Å². The number of nitrogens with one attached hydrogen (secondary N) is 1. The van der Waals surface area contributed by atoms with Crippen LogP contribution in [0.15, 0.2) is 24.3 Å². The molecule has 0 aliphatic carbocycles. The normalized spacial score (nSPS) is 15.8. The zero-order valence-electron chi connectivity index (χ0n) is 13.3. The van der Waals surface area contributed by atoms with Crippen molar-refractivity contribution in [3.63, 3.8) is 0 Å². The van der Waals surface area contributed by atoms with Gasteiger partial charge in [-0.1, -0.05) is 51.5 Å². The number of unbranched alkanes of at least 4 members (excludes halogenated alkanes) is 1. The maximum Gasteiger partial charge on any atom is 0.0514 e. The van der Waals surface area contributed by atoms with Crippen molar-refractivity contribution in [3.8, 4) is 0 Å². The van der Waals surface area contributed by atoms with Gasteiger partial charge in [-0.25, -0.2) is 0 Å². The average molecular weight is 295 g/mol. The first-order valence-corrected chi connectivity index (χ1v) is 9.21. The Bertz CT molecular complexity index is 402. The van der Waals surface area contributed by atoms with Gasteiger partial charge in [0.05, 0.1) is 5.25 Å². The van der Waals surface area contributed by atoms with Gasteiger partial charge in [-0.15, -0.1) is 0 Å². The Morgan fingerprint density at radius 1 is 1.15 bits per heavy atom. The highest BCUT2D eigenvalue weighted by Gasteiger charge is 2.23. The van der Waals surface area contributed by atoms with Crippen LogP contribution in [0.25, 0.3) is 0 Å². The number of hydrogen-bond donors (Lipinski definition) is 1. The van der Waals surface area contributed by atoms with Gasteiger partial charge in [0.2, 0.25) is 0 Å². The van der Waals surface area contributed by atoms with Gasteiger partial charge >= 0.3 is 0 Å². The Kier molecular flexibility index (Phi) is 8.08. The van der Waals surface area contributed by atoms with Crippen molar-refractivity contribution < 1.29 is 4.21 Å². The first-order chi connectivity index (χ1) is 9.63. The SMILES string of the molecule is CCCCS(=O)C(C)C(NCC)c1ccc(CC)cc1. The second-order valence-corrected chi connectivity index (χ2v) is 7.19. The second kappa shape index (κ2) is 9.30. The molecule has 3 atom stereocenters. The van der Waals surface area contributed by atoms with Crippen LogP contribution >= 0.6 is 0 Å². The molecular weight excluding hydrogens is 266 g/mol. The lowest BCUT2D eigenvalue weighted by Crippen LogP contribution is -2.33. The molecule has 0 heterocycles. The molecule has 0 fully saturated rings. The maximum atomic E-state index is 12.4. The lowest BCUT2D eigenvalue weighted by atomic mass is 10.0. The molecule has 20 heavy (non-hydrogen) atoms. The van der Waals surface area contributed by atoms with Gasteiger partial charge in [0.25, 0.3) is 0 Å². The zero-order valence-corrected chi connectivity index (χ0v) is 14.1. The fourth-order valence-corrected chi connectivity index (χ4v) is 3.86. The fourth-order valence-electron chi connectivity index (χ4n) is 2.36. The van der Waals surface area contributed by atoms with Crippen LogP contribution in [-0.2, 0) is 17.2 Å². The Balaban J connectivity index is 2.82. The first-order valence-electron chi connectivity index (χ1n) is 7.83. The molecule has 1 N–H and O–H groups in total. The molecule has 0 spiro atoms. The van der Waals surface area contributed by atoms with E-state index in [2.05, 4.69) is 57.3 Å². The van der Waals surface area contributed by atoms with E-state index in [1.807, 2.05) is 0 Å². The van der Waals surface area contributed by atoms with E-state index < -0.39 is 10.8 Å². The van der Waals surface area contributed by atoms with Crippen molar-refractivity contribution in [2.45, 2.75) is 58.2 Å². The third-order valence-electron chi connectivity index (χ3n) is 3.75. The predicted octanol–water partition coefficient (Wildman–Crippen LogP) is 3.84. The summed E-state index contributed by atoms with van der Waals surface area (Å²) in [6.45, 7) is 9.42. The number of aryl methyl sites for hydroxylation is 1. The molecule has 0 bridgehead atoms. The lowest BCUT2D eigenvalue weighted by molar-refractivity contribution is 0.535. The third kappa shape index (κ3) is 5.02. The van der Waals surface area contributed by atoms with E-state index in [0.717, 1.165) is 31.6 Å². The van der Waals surface area contributed by atoms with Gasteiger partial charge in [-0.3, -0.25) is 4.21 Å². The van der Waals surface area contributed by atoms with E-state index in [1.165, 1.54) is 11.1 Å². The molecule has 0 aliphatic heterocycles. The van der Waals surface area contributed by atoms with Gasteiger partial charge in [-0.2, -0.15) is 0 Å². The van der Waals surface area contributed by atoms with Crippen LogP contribution < -0.4 is 5.32 Å². The molecule has 0 saturated heterocycles.